The third-order valence-corrected chi connectivity index (χ3v) is 3.71. The summed E-state index contributed by atoms with van der Waals surface area (Å²) in [4.78, 5) is 17.8. The van der Waals surface area contributed by atoms with Crippen LogP contribution in [0.15, 0.2) is 21.7 Å². The number of halogens is 1. The molecule has 1 heterocycles. The second-order valence-electron chi connectivity index (χ2n) is 5.54. The Morgan fingerprint density at radius 3 is 2.55 bits per heavy atom. The van der Waals surface area contributed by atoms with Gasteiger partial charge in [0.2, 0.25) is 5.91 Å². The van der Waals surface area contributed by atoms with E-state index < -0.39 is 0 Å². The molecule has 0 atom stereocenters. The normalized spacial score (nSPS) is 11.7. The van der Waals surface area contributed by atoms with E-state index in [2.05, 4.69) is 42.2 Å². The molecule has 0 aromatic carbocycles. The molecule has 0 aliphatic heterocycles. The summed E-state index contributed by atoms with van der Waals surface area (Å²) in [6, 6.07) is 2.09. The summed E-state index contributed by atoms with van der Waals surface area (Å²) in [6.45, 7) is 5.74. The largest absolute Gasteiger partial charge is 0.354 e. The Morgan fingerprint density at radius 2 is 2.05 bits per heavy atom. The van der Waals surface area contributed by atoms with Crippen LogP contribution in [0.5, 0.6) is 0 Å². The summed E-state index contributed by atoms with van der Waals surface area (Å²) in [5, 5.41) is 6.13. The van der Waals surface area contributed by atoms with Gasteiger partial charge in [-0.3, -0.25) is 9.79 Å². The van der Waals surface area contributed by atoms with Gasteiger partial charge in [0.25, 0.3) is 0 Å². The highest BCUT2D eigenvalue weighted by molar-refractivity contribution is 9.10. The van der Waals surface area contributed by atoms with Crippen LogP contribution in [0.2, 0.25) is 0 Å². The van der Waals surface area contributed by atoms with Crippen molar-refractivity contribution in [2.75, 3.05) is 27.2 Å². The van der Waals surface area contributed by atoms with E-state index in [-0.39, 0.29) is 11.8 Å². The van der Waals surface area contributed by atoms with Crippen LogP contribution in [0.1, 0.15) is 19.5 Å². The van der Waals surface area contributed by atoms with E-state index >= 15 is 0 Å². The minimum absolute atomic E-state index is 0.0118. The zero-order valence-corrected chi connectivity index (χ0v) is 15.6. The van der Waals surface area contributed by atoms with Crippen LogP contribution in [-0.2, 0) is 18.4 Å². The fourth-order valence-corrected chi connectivity index (χ4v) is 2.56. The molecule has 0 radical (unpaired) electrons. The number of carbonyl (C=O) groups excluding carboxylic acids is 1. The Kier molecular flexibility index (Phi) is 7.44. The predicted molar refractivity (Wildman–Crippen MR) is 93.8 cm³/mol. The Hall–Kier alpha value is -1.50. The van der Waals surface area contributed by atoms with E-state index in [9.17, 15) is 4.79 Å². The third kappa shape index (κ3) is 5.71. The topological polar surface area (TPSA) is 61.7 Å². The summed E-state index contributed by atoms with van der Waals surface area (Å²) in [5.74, 6) is 0.882. The van der Waals surface area contributed by atoms with Crippen molar-refractivity contribution in [2.45, 2.75) is 20.4 Å². The van der Waals surface area contributed by atoms with Crippen LogP contribution < -0.4 is 10.6 Å². The molecular formula is C15H26BrN5O. The molecule has 0 saturated carbocycles. The molecular weight excluding hydrogens is 346 g/mol. The third-order valence-electron chi connectivity index (χ3n) is 3.28. The Labute approximate surface area is 141 Å². The van der Waals surface area contributed by atoms with Gasteiger partial charge >= 0.3 is 0 Å². The molecule has 22 heavy (non-hydrogen) atoms. The number of hydrogen-bond donors (Lipinski definition) is 2. The molecule has 1 rings (SSSR count). The lowest BCUT2D eigenvalue weighted by Crippen LogP contribution is -2.42. The van der Waals surface area contributed by atoms with Crippen molar-refractivity contribution in [1.29, 1.82) is 0 Å². The van der Waals surface area contributed by atoms with Crippen molar-refractivity contribution in [3.8, 4) is 0 Å². The van der Waals surface area contributed by atoms with E-state index in [1.807, 2.05) is 39.0 Å². The van der Waals surface area contributed by atoms with Gasteiger partial charge in [-0.1, -0.05) is 13.8 Å². The Morgan fingerprint density at radius 1 is 1.41 bits per heavy atom. The van der Waals surface area contributed by atoms with Gasteiger partial charge in [-0.15, -0.1) is 0 Å². The first kappa shape index (κ1) is 18.5. The summed E-state index contributed by atoms with van der Waals surface area (Å²) in [7, 11) is 5.76. The Balaban J connectivity index is 2.44. The molecule has 6 nitrogen and oxygen atoms in total. The summed E-state index contributed by atoms with van der Waals surface area (Å²) < 4.78 is 3.15. The molecule has 0 fully saturated rings. The number of rotatable bonds is 6. The maximum absolute atomic E-state index is 11.5. The highest BCUT2D eigenvalue weighted by Crippen LogP contribution is 2.14. The molecule has 2 N–H and O–H groups in total. The van der Waals surface area contributed by atoms with Crippen molar-refractivity contribution in [3.63, 3.8) is 0 Å². The van der Waals surface area contributed by atoms with Crippen LogP contribution in [0.3, 0.4) is 0 Å². The molecule has 0 unspecified atom stereocenters. The number of aryl methyl sites for hydroxylation is 1. The monoisotopic (exact) mass is 371 g/mol. The zero-order valence-electron chi connectivity index (χ0n) is 14.0. The summed E-state index contributed by atoms with van der Waals surface area (Å²) in [5.41, 5.74) is 1.19. The maximum atomic E-state index is 11.5. The second kappa shape index (κ2) is 8.82. The first-order chi connectivity index (χ1) is 10.3. The number of guanidine groups is 1. The van der Waals surface area contributed by atoms with Gasteiger partial charge in [-0.2, -0.15) is 0 Å². The van der Waals surface area contributed by atoms with Crippen molar-refractivity contribution in [3.05, 3.63) is 22.4 Å². The standard InChI is InChI=1S/C15H26BrN5O/c1-11(2)14(22)18-6-7-19-15(17-3)21(5)10-13-8-12(16)9-20(13)4/h8-9,11H,6-7,10H2,1-5H3,(H,17,19)(H,18,22). The van der Waals surface area contributed by atoms with Crippen LogP contribution >= 0.6 is 15.9 Å². The fourth-order valence-electron chi connectivity index (χ4n) is 1.99. The molecule has 0 spiro atoms. The van der Waals surface area contributed by atoms with E-state index in [0.29, 0.717) is 13.1 Å². The summed E-state index contributed by atoms with van der Waals surface area (Å²) in [6.07, 6.45) is 2.03. The number of carbonyl (C=O) groups is 1. The first-order valence-electron chi connectivity index (χ1n) is 7.35. The number of aromatic nitrogens is 1. The van der Waals surface area contributed by atoms with Crippen molar-refractivity contribution < 1.29 is 4.79 Å². The predicted octanol–water partition coefficient (Wildman–Crippen LogP) is 1.57. The molecule has 0 aliphatic rings. The van der Waals surface area contributed by atoms with Crippen molar-refractivity contribution in [2.24, 2.45) is 18.0 Å². The van der Waals surface area contributed by atoms with E-state index in [4.69, 9.17) is 0 Å². The van der Waals surface area contributed by atoms with Gasteiger partial charge in [0.1, 0.15) is 0 Å². The van der Waals surface area contributed by atoms with Gasteiger partial charge in [0, 0.05) is 56.5 Å². The lowest BCUT2D eigenvalue weighted by Gasteiger charge is -2.22. The molecule has 0 bridgehead atoms. The minimum Gasteiger partial charge on any atom is -0.354 e. The smallest absolute Gasteiger partial charge is 0.222 e. The number of nitrogens with one attached hydrogen (secondary N) is 2. The van der Waals surface area contributed by atoms with Gasteiger partial charge in [-0.05, 0) is 22.0 Å². The molecule has 1 aromatic heterocycles. The lowest BCUT2D eigenvalue weighted by molar-refractivity contribution is -0.123. The zero-order chi connectivity index (χ0) is 16.7. The molecule has 1 aromatic rings. The van der Waals surface area contributed by atoms with Crippen molar-refractivity contribution >= 4 is 27.8 Å². The Bertz CT molecular complexity index is 524. The van der Waals surface area contributed by atoms with Gasteiger partial charge in [0.05, 0.1) is 6.54 Å². The SMILES string of the molecule is CN=C(NCCNC(=O)C(C)C)N(C)Cc1cc(Br)cn1C. The van der Waals surface area contributed by atoms with E-state index in [0.717, 1.165) is 17.0 Å². The van der Waals surface area contributed by atoms with E-state index in [1.54, 1.807) is 7.05 Å². The number of nitrogens with zero attached hydrogens (tertiary/aromatic N) is 3. The van der Waals surface area contributed by atoms with Crippen LogP contribution in [0, 0.1) is 5.92 Å². The van der Waals surface area contributed by atoms with Gasteiger partial charge in [0.15, 0.2) is 5.96 Å². The van der Waals surface area contributed by atoms with Crippen LogP contribution in [0.25, 0.3) is 0 Å². The number of amides is 1. The lowest BCUT2D eigenvalue weighted by atomic mass is 10.2. The van der Waals surface area contributed by atoms with Gasteiger partial charge < -0.3 is 20.1 Å². The quantitative estimate of drug-likeness (QED) is 0.453. The number of hydrogen-bond acceptors (Lipinski definition) is 2. The second-order valence-corrected chi connectivity index (χ2v) is 6.45. The number of aliphatic imine (C=N–C) groups is 1. The molecule has 1 amide bonds. The highest BCUT2D eigenvalue weighted by atomic mass is 79.9. The average Bonchev–Trinajstić information content (AvgIpc) is 2.76. The van der Waals surface area contributed by atoms with Crippen LogP contribution in [0.4, 0.5) is 0 Å². The first-order valence-corrected chi connectivity index (χ1v) is 8.14. The summed E-state index contributed by atoms with van der Waals surface area (Å²) >= 11 is 3.48. The average molecular weight is 372 g/mol. The molecule has 0 saturated heterocycles. The molecule has 124 valence electrons. The van der Waals surface area contributed by atoms with Crippen molar-refractivity contribution in [1.82, 2.24) is 20.1 Å². The minimum atomic E-state index is 0.0118. The fraction of sp³-hybridized carbons (Fsp3) is 0.600. The molecule has 0 aliphatic carbocycles. The maximum Gasteiger partial charge on any atom is 0.222 e. The van der Waals surface area contributed by atoms with E-state index in [1.165, 1.54) is 5.69 Å². The molecule has 7 heteroatoms. The van der Waals surface area contributed by atoms with Crippen LogP contribution in [-0.4, -0.2) is 48.5 Å². The highest BCUT2D eigenvalue weighted by Gasteiger charge is 2.10. The van der Waals surface area contributed by atoms with Gasteiger partial charge in [-0.25, -0.2) is 0 Å².